The van der Waals surface area contributed by atoms with Crippen LogP contribution in [-0.4, -0.2) is 21.2 Å². The minimum atomic E-state index is -0.0646. The topological polar surface area (TPSA) is 59.0 Å². The van der Waals surface area contributed by atoms with Gasteiger partial charge in [-0.2, -0.15) is 5.10 Å². The third-order valence-electron chi connectivity index (χ3n) is 4.56. The lowest BCUT2D eigenvalue weighted by Gasteiger charge is -2.37. The third-order valence-corrected chi connectivity index (χ3v) is 4.56. The summed E-state index contributed by atoms with van der Waals surface area (Å²) in [6.07, 6.45) is 8.35. The Kier molecular flexibility index (Phi) is 3.44. The van der Waals surface area contributed by atoms with Gasteiger partial charge in [0.05, 0.1) is 5.69 Å². The lowest BCUT2D eigenvalue weighted by Crippen LogP contribution is -2.42. The molecular formula is C15H24N4O. The van der Waals surface area contributed by atoms with E-state index in [2.05, 4.69) is 22.7 Å². The minimum absolute atomic E-state index is 0.0646. The number of nitrogens with zero attached hydrogens (tertiary/aromatic N) is 2. The van der Waals surface area contributed by atoms with Crippen LogP contribution in [0.2, 0.25) is 0 Å². The van der Waals surface area contributed by atoms with Gasteiger partial charge in [0.1, 0.15) is 11.5 Å². The van der Waals surface area contributed by atoms with Gasteiger partial charge >= 0.3 is 0 Å². The van der Waals surface area contributed by atoms with Crippen LogP contribution in [0.1, 0.15) is 57.6 Å². The molecule has 0 radical (unpaired) electrons. The van der Waals surface area contributed by atoms with E-state index in [1.54, 1.807) is 0 Å². The number of aryl methyl sites for hydroxylation is 2. The predicted molar refractivity (Wildman–Crippen MR) is 79.9 cm³/mol. The summed E-state index contributed by atoms with van der Waals surface area (Å²) in [4.78, 5) is 12.3. The number of hydrogen-bond donors (Lipinski definition) is 2. The zero-order valence-electron chi connectivity index (χ0n) is 12.5. The van der Waals surface area contributed by atoms with E-state index in [9.17, 15) is 4.79 Å². The van der Waals surface area contributed by atoms with Crippen LogP contribution in [0.4, 0.5) is 11.5 Å². The molecule has 110 valence electrons. The van der Waals surface area contributed by atoms with Crippen LogP contribution in [0.25, 0.3) is 0 Å². The molecule has 1 aromatic heterocycles. The largest absolute Gasteiger partial charge is 0.363 e. The molecule has 5 heteroatoms. The number of hydrogen-bond acceptors (Lipinski definition) is 3. The van der Waals surface area contributed by atoms with Crippen LogP contribution in [0.15, 0.2) is 0 Å². The van der Waals surface area contributed by atoms with Crippen LogP contribution in [0, 0.1) is 0 Å². The molecule has 1 amide bonds. The zero-order chi connectivity index (χ0) is 14.2. The Morgan fingerprint density at radius 2 is 2.05 bits per heavy atom. The maximum atomic E-state index is 12.3. The number of rotatable bonds is 2. The highest BCUT2D eigenvalue weighted by Crippen LogP contribution is 2.40. The van der Waals surface area contributed by atoms with Crippen LogP contribution in [0.3, 0.4) is 0 Å². The second kappa shape index (κ2) is 5.11. The second-order valence-corrected chi connectivity index (χ2v) is 6.23. The first-order chi connectivity index (χ1) is 9.63. The summed E-state index contributed by atoms with van der Waals surface area (Å²) in [7, 11) is 1.96. The molecule has 0 saturated heterocycles. The molecule has 1 spiro atoms. The normalized spacial score (nSPS) is 21.0. The Bertz CT molecular complexity index is 514. The van der Waals surface area contributed by atoms with Gasteiger partial charge in [0.25, 0.3) is 0 Å². The Balaban J connectivity index is 1.98. The van der Waals surface area contributed by atoms with E-state index in [0.717, 1.165) is 42.9 Å². The molecule has 0 bridgehead atoms. The maximum Gasteiger partial charge on any atom is 0.226 e. The average molecular weight is 276 g/mol. The van der Waals surface area contributed by atoms with Crippen LogP contribution < -0.4 is 10.6 Å². The Hall–Kier alpha value is -1.52. The predicted octanol–water partition coefficient (Wildman–Crippen LogP) is 2.83. The van der Waals surface area contributed by atoms with Crippen molar-refractivity contribution >= 4 is 17.4 Å². The third kappa shape index (κ3) is 2.30. The highest BCUT2D eigenvalue weighted by atomic mass is 16.1. The van der Waals surface area contributed by atoms with Gasteiger partial charge < -0.3 is 10.6 Å². The van der Waals surface area contributed by atoms with E-state index < -0.39 is 0 Å². The molecule has 2 N–H and O–H groups in total. The number of anilines is 2. The standard InChI is InChI=1S/C15H24N4O/c1-3-7-11-13-14(19(2)18-11)17-15(10-12(20)16-13)8-5-4-6-9-15/h17H,3-10H2,1-2H3,(H,16,20). The monoisotopic (exact) mass is 276 g/mol. The van der Waals surface area contributed by atoms with Gasteiger partial charge in [-0.3, -0.25) is 9.48 Å². The highest BCUT2D eigenvalue weighted by Gasteiger charge is 2.38. The van der Waals surface area contributed by atoms with E-state index >= 15 is 0 Å². The van der Waals surface area contributed by atoms with Crippen molar-refractivity contribution in [3.8, 4) is 0 Å². The molecule has 3 rings (SSSR count). The van der Waals surface area contributed by atoms with E-state index in [4.69, 9.17) is 0 Å². The molecule has 5 nitrogen and oxygen atoms in total. The molecule has 0 unspecified atom stereocenters. The summed E-state index contributed by atoms with van der Waals surface area (Å²) in [5.74, 6) is 1.12. The number of fused-ring (bicyclic) bond motifs is 1. The lowest BCUT2D eigenvalue weighted by atomic mass is 9.79. The molecule has 1 aliphatic heterocycles. The summed E-state index contributed by atoms with van der Waals surface area (Å²) in [5, 5.41) is 11.3. The minimum Gasteiger partial charge on any atom is -0.363 e. The number of aromatic nitrogens is 2. The van der Waals surface area contributed by atoms with Gasteiger partial charge in [-0.15, -0.1) is 0 Å². The number of nitrogens with one attached hydrogen (secondary N) is 2. The maximum absolute atomic E-state index is 12.3. The van der Waals surface area contributed by atoms with E-state index in [1.165, 1.54) is 19.3 Å². The fourth-order valence-corrected chi connectivity index (χ4v) is 3.58. The SMILES string of the molecule is CCCc1nn(C)c2c1NC(=O)CC1(CCCCC1)N2. The van der Waals surface area contributed by atoms with Crippen LogP contribution in [0.5, 0.6) is 0 Å². The Morgan fingerprint density at radius 1 is 1.30 bits per heavy atom. The Morgan fingerprint density at radius 3 is 2.75 bits per heavy atom. The summed E-state index contributed by atoms with van der Waals surface area (Å²) in [5.41, 5.74) is 1.84. The molecule has 20 heavy (non-hydrogen) atoms. The van der Waals surface area contributed by atoms with Gasteiger partial charge in [-0.25, -0.2) is 0 Å². The second-order valence-electron chi connectivity index (χ2n) is 6.23. The van der Waals surface area contributed by atoms with Crippen molar-refractivity contribution in [2.45, 2.75) is 63.8 Å². The Labute approximate surface area is 120 Å². The van der Waals surface area contributed by atoms with E-state index in [0.29, 0.717) is 6.42 Å². The quantitative estimate of drug-likeness (QED) is 0.873. The lowest BCUT2D eigenvalue weighted by molar-refractivity contribution is -0.117. The van der Waals surface area contributed by atoms with Crippen molar-refractivity contribution in [2.75, 3.05) is 10.6 Å². The van der Waals surface area contributed by atoms with Crippen molar-refractivity contribution in [1.82, 2.24) is 9.78 Å². The average Bonchev–Trinajstić information content (AvgIpc) is 2.61. The number of amides is 1. The van der Waals surface area contributed by atoms with Crippen molar-refractivity contribution in [3.05, 3.63) is 5.69 Å². The molecule has 0 atom stereocenters. The van der Waals surface area contributed by atoms with Gasteiger partial charge in [0, 0.05) is 19.0 Å². The summed E-state index contributed by atoms with van der Waals surface area (Å²) in [6.45, 7) is 2.13. The summed E-state index contributed by atoms with van der Waals surface area (Å²) < 4.78 is 1.89. The molecule has 0 aromatic carbocycles. The number of carbonyl (C=O) groups excluding carboxylic acids is 1. The van der Waals surface area contributed by atoms with Crippen LogP contribution in [-0.2, 0) is 18.3 Å². The fourth-order valence-electron chi connectivity index (χ4n) is 3.58. The van der Waals surface area contributed by atoms with Gasteiger partial charge in [0.2, 0.25) is 5.91 Å². The smallest absolute Gasteiger partial charge is 0.226 e. The van der Waals surface area contributed by atoms with Crippen molar-refractivity contribution in [1.29, 1.82) is 0 Å². The molecular weight excluding hydrogens is 252 g/mol. The molecule has 1 aliphatic carbocycles. The zero-order valence-corrected chi connectivity index (χ0v) is 12.5. The fraction of sp³-hybridized carbons (Fsp3) is 0.733. The molecule has 2 heterocycles. The molecule has 1 fully saturated rings. The van der Waals surface area contributed by atoms with Gasteiger partial charge in [0.15, 0.2) is 0 Å². The summed E-state index contributed by atoms with van der Waals surface area (Å²) in [6, 6.07) is 0. The number of carbonyl (C=O) groups is 1. The summed E-state index contributed by atoms with van der Waals surface area (Å²) >= 11 is 0. The van der Waals surface area contributed by atoms with Crippen LogP contribution >= 0.6 is 0 Å². The highest BCUT2D eigenvalue weighted by molar-refractivity contribution is 5.97. The first-order valence-corrected chi connectivity index (χ1v) is 7.77. The van der Waals surface area contributed by atoms with E-state index in [1.807, 2.05) is 11.7 Å². The van der Waals surface area contributed by atoms with Crippen molar-refractivity contribution < 1.29 is 4.79 Å². The molecule has 1 saturated carbocycles. The first kappa shape index (κ1) is 13.5. The van der Waals surface area contributed by atoms with Crippen molar-refractivity contribution in [2.24, 2.45) is 7.05 Å². The first-order valence-electron chi connectivity index (χ1n) is 7.77. The molecule has 1 aromatic rings. The van der Waals surface area contributed by atoms with Gasteiger partial charge in [-0.1, -0.05) is 32.6 Å². The van der Waals surface area contributed by atoms with Gasteiger partial charge in [-0.05, 0) is 19.3 Å². The van der Waals surface area contributed by atoms with Crippen molar-refractivity contribution in [3.63, 3.8) is 0 Å². The van der Waals surface area contributed by atoms with E-state index in [-0.39, 0.29) is 11.4 Å². The molecule has 2 aliphatic rings.